The minimum Gasteiger partial charge on any atom is -0.488 e. The fourth-order valence-electron chi connectivity index (χ4n) is 3.32. The molecule has 1 aliphatic rings. The molecule has 5 heteroatoms. The van der Waals surface area contributed by atoms with Crippen molar-refractivity contribution in [3.8, 4) is 5.75 Å². The first-order valence-electron chi connectivity index (χ1n) is 9.85. The Hall–Kier alpha value is -1.75. The number of likely N-dealkylation sites (tertiary alicyclic amines) is 1. The molecule has 26 heavy (non-hydrogen) atoms. The Morgan fingerprint density at radius 3 is 2.73 bits per heavy atom. The van der Waals surface area contributed by atoms with Crippen molar-refractivity contribution in [1.82, 2.24) is 15.5 Å². The van der Waals surface area contributed by atoms with Gasteiger partial charge in [0.15, 0.2) is 5.96 Å². The molecule has 1 aliphatic heterocycles. The van der Waals surface area contributed by atoms with Gasteiger partial charge in [0.25, 0.3) is 0 Å². The quantitative estimate of drug-likeness (QED) is 0.579. The second-order valence-corrected chi connectivity index (χ2v) is 8.08. The molecule has 1 aromatic carbocycles. The lowest BCUT2D eigenvalue weighted by Gasteiger charge is -2.23. The molecule has 0 spiro atoms. The van der Waals surface area contributed by atoms with Crippen molar-refractivity contribution in [3.63, 3.8) is 0 Å². The molecule has 1 heterocycles. The maximum absolute atomic E-state index is 6.07. The lowest BCUT2D eigenvalue weighted by Crippen LogP contribution is -2.40. The van der Waals surface area contributed by atoms with E-state index in [1.165, 1.54) is 32.5 Å². The summed E-state index contributed by atoms with van der Waals surface area (Å²) in [5.41, 5.74) is 0.934. The molecule has 1 atom stereocenters. The van der Waals surface area contributed by atoms with Gasteiger partial charge in [-0.1, -0.05) is 25.1 Å². The third kappa shape index (κ3) is 6.87. The van der Waals surface area contributed by atoms with Crippen LogP contribution in [0.4, 0.5) is 0 Å². The first kappa shape index (κ1) is 20.6. The number of rotatable bonds is 7. The largest absolute Gasteiger partial charge is 0.488 e. The molecule has 0 radical (unpaired) electrons. The third-order valence-electron chi connectivity index (χ3n) is 4.53. The molecule has 1 saturated heterocycles. The van der Waals surface area contributed by atoms with Crippen molar-refractivity contribution < 1.29 is 4.74 Å². The van der Waals surface area contributed by atoms with E-state index >= 15 is 0 Å². The molecule has 5 nitrogen and oxygen atoms in total. The topological polar surface area (TPSA) is 48.9 Å². The predicted molar refractivity (Wildman–Crippen MR) is 110 cm³/mol. The third-order valence-corrected chi connectivity index (χ3v) is 4.53. The maximum atomic E-state index is 6.07. The summed E-state index contributed by atoms with van der Waals surface area (Å²) in [6, 6.07) is 8.18. The van der Waals surface area contributed by atoms with Crippen molar-refractivity contribution in [2.45, 2.75) is 52.7 Å². The van der Waals surface area contributed by atoms with E-state index in [9.17, 15) is 0 Å². The van der Waals surface area contributed by atoms with Crippen LogP contribution in [0, 0.1) is 5.92 Å². The fourth-order valence-corrected chi connectivity index (χ4v) is 3.32. The van der Waals surface area contributed by atoms with Gasteiger partial charge in [-0.05, 0) is 58.7 Å². The second kappa shape index (κ2) is 9.81. The van der Waals surface area contributed by atoms with Crippen molar-refractivity contribution in [2.24, 2.45) is 10.9 Å². The Morgan fingerprint density at radius 1 is 1.27 bits per heavy atom. The van der Waals surface area contributed by atoms with Crippen LogP contribution >= 0.6 is 0 Å². The lowest BCUT2D eigenvalue weighted by molar-refractivity contribution is 0.129. The average Bonchev–Trinajstić information content (AvgIpc) is 3.03. The number of hydrogen-bond acceptors (Lipinski definition) is 3. The Bertz CT molecular complexity index is 580. The summed E-state index contributed by atoms with van der Waals surface area (Å²) in [6.45, 7) is 13.8. The first-order chi connectivity index (χ1) is 12.4. The Labute approximate surface area is 159 Å². The van der Waals surface area contributed by atoms with Crippen LogP contribution in [0.25, 0.3) is 0 Å². The highest BCUT2D eigenvalue weighted by Gasteiger charge is 2.21. The highest BCUT2D eigenvalue weighted by molar-refractivity contribution is 5.79. The number of aliphatic imine (C=N–C) groups is 1. The number of nitrogens with zero attached hydrogens (tertiary/aromatic N) is 2. The molecular formula is C21H36N4O. The molecule has 146 valence electrons. The van der Waals surface area contributed by atoms with Gasteiger partial charge in [0.2, 0.25) is 0 Å². The van der Waals surface area contributed by atoms with Crippen LogP contribution in [0.5, 0.6) is 5.75 Å². The van der Waals surface area contributed by atoms with Crippen molar-refractivity contribution in [1.29, 1.82) is 0 Å². The molecule has 1 aromatic rings. The summed E-state index contributed by atoms with van der Waals surface area (Å²) in [5, 5.41) is 6.90. The monoisotopic (exact) mass is 360 g/mol. The number of benzene rings is 1. The Morgan fingerprint density at radius 2 is 2.04 bits per heavy atom. The molecule has 0 bridgehead atoms. The van der Waals surface area contributed by atoms with Crippen molar-refractivity contribution >= 4 is 5.96 Å². The van der Waals surface area contributed by atoms with Crippen LogP contribution in [0.1, 0.15) is 46.1 Å². The van der Waals surface area contributed by atoms with Crippen LogP contribution in [-0.2, 0) is 6.54 Å². The van der Waals surface area contributed by atoms with E-state index in [1.54, 1.807) is 0 Å². The molecule has 1 unspecified atom stereocenters. The first-order valence-corrected chi connectivity index (χ1v) is 9.85. The summed E-state index contributed by atoms with van der Waals surface area (Å²) in [6.07, 6.45) is 2.51. The van der Waals surface area contributed by atoms with E-state index in [1.807, 2.05) is 25.2 Å². The minimum absolute atomic E-state index is 0.205. The van der Waals surface area contributed by atoms with Crippen molar-refractivity contribution in [3.05, 3.63) is 29.8 Å². The summed E-state index contributed by atoms with van der Waals surface area (Å²) < 4.78 is 6.07. The highest BCUT2D eigenvalue weighted by Crippen LogP contribution is 2.22. The molecular weight excluding hydrogens is 324 g/mol. The van der Waals surface area contributed by atoms with Gasteiger partial charge >= 0.3 is 0 Å². The normalized spacial score (nSPS) is 18.8. The van der Waals surface area contributed by atoms with Crippen molar-refractivity contribution in [2.75, 3.05) is 33.2 Å². The van der Waals surface area contributed by atoms with E-state index in [0.717, 1.165) is 23.8 Å². The van der Waals surface area contributed by atoms with E-state index in [0.29, 0.717) is 12.5 Å². The standard InChI is InChI=1S/C21H36N4O/c1-6-12-25-13-11-17(16-25)14-23-20(22-5)24-15-18-9-7-8-10-19(18)26-21(2,3)4/h7-10,17H,6,11-16H2,1-5H3,(H2,22,23,24). The van der Waals surface area contributed by atoms with Crippen LogP contribution in [0.3, 0.4) is 0 Å². The summed E-state index contributed by atoms with van der Waals surface area (Å²) >= 11 is 0. The summed E-state index contributed by atoms with van der Waals surface area (Å²) in [7, 11) is 1.82. The zero-order valence-corrected chi connectivity index (χ0v) is 17.1. The Kier molecular flexibility index (Phi) is 7.76. The number of para-hydroxylation sites is 1. The van der Waals surface area contributed by atoms with Gasteiger partial charge < -0.3 is 20.3 Å². The van der Waals surface area contributed by atoms with Gasteiger partial charge in [-0.15, -0.1) is 0 Å². The number of ether oxygens (including phenoxy) is 1. The van der Waals surface area contributed by atoms with E-state index in [4.69, 9.17) is 4.74 Å². The summed E-state index contributed by atoms with van der Waals surface area (Å²) in [4.78, 5) is 6.92. The summed E-state index contributed by atoms with van der Waals surface area (Å²) in [5.74, 6) is 2.48. The minimum atomic E-state index is -0.205. The zero-order valence-electron chi connectivity index (χ0n) is 17.1. The Balaban J connectivity index is 1.82. The van der Waals surface area contributed by atoms with Gasteiger partial charge in [0.1, 0.15) is 11.4 Å². The molecule has 0 amide bonds. The maximum Gasteiger partial charge on any atom is 0.191 e. The van der Waals surface area contributed by atoms with Crippen LogP contribution < -0.4 is 15.4 Å². The second-order valence-electron chi connectivity index (χ2n) is 8.08. The van der Waals surface area contributed by atoms with Crippen LogP contribution in [-0.4, -0.2) is 49.7 Å². The number of hydrogen-bond donors (Lipinski definition) is 2. The van der Waals surface area contributed by atoms with Crippen LogP contribution in [0.2, 0.25) is 0 Å². The molecule has 2 N–H and O–H groups in total. The predicted octanol–water partition coefficient (Wildman–Crippen LogP) is 3.26. The van der Waals surface area contributed by atoms with Gasteiger partial charge in [-0.25, -0.2) is 0 Å². The van der Waals surface area contributed by atoms with Gasteiger partial charge in [0.05, 0.1) is 0 Å². The SMILES string of the molecule is CCCN1CCC(CNC(=NC)NCc2ccccc2OC(C)(C)C)C1. The molecule has 2 rings (SSSR count). The van der Waals surface area contributed by atoms with Gasteiger partial charge in [0, 0.05) is 32.2 Å². The molecule has 0 aliphatic carbocycles. The lowest BCUT2D eigenvalue weighted by atomic mass is 10.1. The zero-order chi connectivity index (χ0) is 19.0. The van der Waals surface area contributed by atoms with Gasteiger partial charge in [-0.2, -0.15) is 0 Å². The van der Waals surface area contributed by atoms with Crippen LogP contribution in [0.15, 0.2) is 29.3 Å². The van der Waals surface area contributed by atoms with E-state index in [2.05, 4.69) is 54.3 Å². The number of guanidine groups is 1. The molecule has 0 aromatic heterocycles. The average molecular weight is 361 g/mol. The molecule has 0 saturated carbocycles. The highest BCUT2D eigenvalue weighted by atomic mass is 16.5. The number of nitrogens with one attached hydrogen (secondary N) is 2. The fraction of sp³-hybridized carbons (Fsp3) is 0.667. The van der Waals surface area contributed by atoms with E-state index < -0.39 is 0 Å². The molecule has 1 fully saturated rings. The smallest absolute Gasteiger partial charge is 0.191 e. The van der Waals surface area contributed by atoms with E-state index in [-0.39, 0.29) is 5.60 Å². The van der Waals surface area contributed by atoms with Gasteiger partial charge in [-0.3, -0.25) is 4.99 Å².